The summed E-state index contributed by atoms with van der Waals surface area (Å²) in [4.78, 5) is 27.4. The minimum absolute atomic E-state index is 0.00859. The first-order valence-electron chi connectivity index (χ1n) is 8.53. The number of hydrogen-bond donors (Lipinski definition) is 1. The molecule has 1 aromatic carbocycles. The summed E-state index contributed by atoms with van der Waals surface area (Å²) in [6, 6.07) is 9.55. The highest BCUT2D eigenvalue weighted by Crippen LogP contribution is 2.30. The number of allylic oxidation sites excluding steroid dienone is 1. The Hall–Kier alpha value is -2.36. The fourth-order valence-electron chi connectivity index (χ4n) is 3.38. The van der Waals surface area contributed by atoms with E-state index in [4.69, 9.17) is 0 Å². The van der Waals surface area contributed by atoms with Gasteiger partial charge in [-0.3, -0.25) is 9.59 Å². The number of benzene rings is 1. The van der Waals surface area contributed by atoms with E-state index in [2.05, 4.69) is 5.32 Å². The molecule has 0 unspecified atom stereocenters. The maximum absolute atomic E-state index is 13.1. The van der Waals surface area contributed by atoms with Crippen molar-refractivity contribution in [1.29, 1.82) is 0 Å². The van der Waals surface area contributed by atoms with Gasteiger partial charge in [-0.25, -0.2) is 0 Å². The molecule has 2 atom stereocenters. The van der Waals surface area contributed by atoms with Gasteiger partial charge in [-0.05, 0) is 38.3 Å². The smallest absolute Gasteiger partial charge is 0.253 e. The van der Waals surface area contributed by atoms with Crippen molar-refractivity contribution >= 4 is 17.9 Å². The predicted octanol–water partition coefficient (Wildman–Crippen LogP) is 2.92. The summed E-state index contributed by atoms with van der Waals surface area (Å²) >= 11 is 0. The van der Waals surface area contributed by atoms with E-state index in [0.717, 1.165) is 24.0 Å². The molecule has 2 aliphatic rings. The molecule has 3 rings (SSSR count). The van der Waals surface area contributed by atoms with Crippen LogP contribution in [0.25, 0.3) is 6.08 Å². The van der Waals surface area contributed by atoms with Crippen molar-refractivity contribution in [2.75, 3.05) is 6.54 Å². The van der Waals surface area contributed by atoms with Crippen LogP contribution in [0.15, 0.2) is 48.1 Å². The lowest BCUT2D eigenvalue weighted by molar-refractivity contribution is -0.150. The summed E-state index contributed by atoms with van der Waals surface area (Å²) in [7, 11) is 0. The summed E-state index contributed by atoms with van der Waals surface area (Å²) in [5.74, 6) is -0.0266. The molecule has 0 saturated carbocycles. The predicted molar refractivity (Wildman–Crippen MR) is 95.1 cm³/mol. The molecule has 2 aliphatic heterocycles. The molecule has 0 radical (unpaired) electrons. The van der Waals surface area contributed by atoms with Crippen molar-refractivity contribution in [3.05, 3.63) is 53.6 Å². The number of amides is 2. The molecule has 24 heavy (non-hydrogen) atoms. The minimum atomic E-state index is -0.981. The first-order valence-corrected chi connectivity index (χ1v) is 8.53. The van der Waals surface area contributed by atoms with Crippen LogP contribution in [0.2, 0.25) is 0 Å². The Balaban J connectivity index is 1.96. The van der Waals surface area contributed by atoms with Gasteiger partial charge in [0, 0.05) is 13.0 Å². The van der Waals surface area contributed by atoms with Crippen molar-refractivity contribution < 1.29 is 9.59 Å². The number of nitrogens with one attached hydrogen (secondary N) is 1. The Bertz CT molecular complexity index is 689. The van der Waals surface area contributed by atoms with Gasteiger partial charge in [-0.2, -0.15) is 0 Å². The second-order valence-electron chi connectivity index (χ2n) is 6.85. The molecule has 126 valence electrons. The van der Waals surface area contributed by atoms with Crippen LogP contribution >= 0.6 is 0 Å². The Kier molecular flexibility index (Phi) is 4.56. The van der Waals surface area contributed by atoms with Crippen LogP contribution in [0.3, 0.4) is 0 Å². The molecule has 2 fully saturated rings. The lowest BCUT2D eigenvalue weighted by atomic mass is 9.87. The number of nitrogens with zero attached hydrogens (tertiary/aromatic N) is 1. The third kappa shape index (κ3) is 3.14. The summed E-state index contributed by atoms with van der Waals surface area (Å²) < 4.78 is 0. The highest BCUT2D eigenvalue weighted by Gasteiger charge is 2.50. The molecule has 1 aromatic rings. The lowest BCUT2D eigenvalue weighted by Gasteiger charge is -2.41. The van der Waals surface area contributed by atoms with Crippen LogP contribution < -0.4 is 5.32 Å². The minimum Gasteiger partial charge on any atom is -0.336 e. The first-order chi connectivity index (χ1) is 11.5. The number of fused-ring (bicyclic) bond motifs is 1. The summed E-state index contributed by atoms with van der Waals surface area (Å²) in [6.45, 7) is 4.68. The Labute approximate surface area is 143 Å². The zero-order valence-corrected chi connectivity index (χ0v) is 14.3. The summed E-state index contributed by atoms with van der Waals surface area (Å²) in [6.07, 6.45) is 7.93. The van der Waals surface area contributed by atoms with Crippen molar-refractivity contribution in [2.24, 2.45) is 0 Å². The maximum atomic E-state index is 13.1. The quantitative estimate of drug-likeness (QED) is 0.866. The van der Waals surface area contributed by atoms with Gasteiger partial charge >= 0.3 is 0 Å². The number of hydrogen-bond acceptors (Lipinski definition) is 2. The van der Waals surface area contributed by atoms with Gasteiger partial charge in [0.15, 0.2) is 0 Å². The zero-order valence-electron chi connectivity index (χ0n) is 14.3. The number of carbonyl (C=O) groups excluding carboxylic acids is 2. The van der Waals surface area contributed by atoms with Gasteiger partial charge in [-0.1, -0.05) is 48.1 Å². The molecule has 0 bridgehead atoms. The van der Waals surface area contributed by atoms with Gasteiger partial charge in [0.25, 0.3) is 5.91 Å². The third-order valence-electron chi connectivity index (χ3n) is 4.74. The van der Waals surface area contributed by atoms with E-state index in [-0.39, 0.29) is 17.9 Å². The largest absolute Gasteiger partial charge is 0.336 e. The van der Waals surface area contributed by atoms with Crippen LogP contribution in [0.1, 0.15) is 38.7 Å². The van der Waals surface area contributed by atoms with Crippen LogP contribution in [-0.4, -0.2) is 34.8 Å². The van der Waals surface area contributed by atoms with Crippen LogP contribution in [0, 0.1) is 0 Å². The van der Waals surface area contributed by atoms with E-state index in [1.165, 1.54) is 0 Å². The molecule has 2 heterocycles. The van der Waals surface area contributed by atoms with E-state index < -0.39 is 5.54 Å². The second-order valence-corrected chi connectivity index (χ2v) is 6.85. The molecule has 0 spiro atoms. The number of rotatable bonds is 4. The van der Waals surface area contributed by atoms with E-state index in [0.29, 0.717) is 13.0 Å². The highest BCUT2D eigenvalue weighted by molar-refractivity contribution is 6.02. The monoisotopic (exact) mass is 324 g/mol. The summed E-state index contributed by atoms with van der Waals surface area (Å²) in [5, 5.41) is 3.02. The highest BCUT2D eigenvalue weighted by atomic mass is 16.2. The molecule has 2 saturated heterocycles. The van der Waals surface area contributed by atoms with Gasteiger partial charge < -0.3 is 10.2 Å². The lowest BCUT2D eigenvalue weighted by Crippen LogP contribution is -2.67. The average molecular weight is 324 g/mol. The Morgan fingerprint density at radius 2 is 2.04 bits per heavy atom. The molecule has 0 aliphatic carbocycles. The van der Waals surface area contributed by atoms with Crippen LogP contribution in [-0.2, 0) is 9.59 Å². The topological polar surface area (TPSA) is 49.4 Å². The fraction of sp³-hybridized carbons (Fsp3) is 0.400. The first kappa shape index (κ1) is 16.5. The fourth-order valence-corrected chi connectivity index (χ4v) is 3.38. The third-order valence-corrected chi connectivity index (χ3v) is 4.74. The molecule has 2 amide bonds. The van der Waals surface area contributed by atoms with Crippen LogP contribution in [0.5, 0.6) is 0 Å². The van der Waals surface area contributed by atoms with Gasteiger partial charge in [0.2, 0.25) is 5.91 Å². The van der Waals surface area contributed by atoms with E-state index >= 15 is 0 Å². The second kappa shape index (κ2) is 6.63. The standard InChI is InChI=1S/C20H24N2O2/c1-15(2)10-12-20(13-11-16-7-4-3-5-8-16)19(24)22-14-6-9-17(22)18(23)21-20/h3-5,7-8,10-11,13,17H,6,9,12,14H2,1-2H3,(H,21,23)/b13-11+/t17-,20-/m0/s1. The van der Waals surface area contributed by atoms with Gasteiger partial charge in [0.1, 0.15) is 11.6 Å². The van der Waals surface area contributed by atoms with Crippen molar-refractivity contribution in [3.63, 3.8) is 0 Å². The maximum Gasteiger partial charge on any atom is 0.253 e. The van der Waals surface area contributed by atoms with E-state index in [9.17, 15) is 9.59 Å². The van der Waals surface area contributed by atoms with Crippen molar-refractivity contribution in [3.8, 4) is 0 Å². The molecular formula is C20H24N2O2. The molecule has 4 heteroatoms. The SMILES string of the molecule is CC(C)=CC[C@@]1(/C=C/c2ccccc2)NC(=O)[C@@H]2CCCN2C1=O. The molecule has 4 nitrogen and oxygen atoms in total. The van der Waals surface area contributed by atoms with E-state index in [1.807, 2.05) is 62.4 Å². The van der Waals surface area contributed by atoms with Crippen LogP contribution in [0.4, 0.5) is 0 Å². The average Bonchev–Trinajstić information content (AvgIpc) is 3.07. The van der Waals surface area contributed by atoms with Gasteiger partial charge in [-0.15, -0.1) is 0 Å². The molecule has 1 N–H and O–H groups in total. The van der Waals surface area contributed by atoms with Crippen molar-refractivity contribution in [1.82, 2.24) is 10.2 Å². The Morgan fingerprint density at radius 3 is 2.75 bits per heavy atom. The zero-order chi connectivity index (χ0) is 17.2. The Morgan fingerprint density at radius 1 is 1.29 bits per heavy atom. The van der Waals surface area contributed by atoms with Crippen molar-refractivity contribution in [2.45, 2.75) is 44.7 Å². The normalized spacial score (nSPS) is 26.4. The number of carbonyl (C=O) groups is 2. The number of piperazine rings is 1. The summed E-state index contributed by atoms with van der Waals surface area (Å²) in [5.41, 5.74) is 1.16. The molecule has 0 aromatic heterocycles. The van der Waals surface area contributed by atoms with E-state index in [1.54, 1.807) is 4.90 Å². The van der Waals surface area contributed by atoms with Gasteiger partial charge in [0.05, 0.1) is 0 Å². The molecular weight excluding hydrogens is 300 g/mol.